The quantitative estimate of drug-likeness (QED) is 0.448. The van der Waals surface area contributed by atoms with Gasteiger partial charge in [0.25, 0.3) is 11.5 Å². The summed E-state index contributed by atoms with van der Waals surface area (Å²) in [7, 11) is 2.92. The fourth-order valence-corrected chi connectivity index (χ4v) is 4.69. The maximum atomic E-state index is 14.0. The van der Waals surface area contributed by atoms with Crippen molar-refractivity contribution in [2.24, 2.45) is 0 Å². The fraction of sp³-hybridized carbons (Fsp3) is 0.379. The van der Waals surface area contributed by atoms with Crippen LogP contribution in [0.2, 0.25) is 0 Å². The highest BCUT2D eigenvalue weighted by atomic mass is 16.5. The Bertz CT molecular complexity index is 1460. The predicted octanol–water partition coefficient (Wildman–Crippen LogP) is 4.45. The molecule has 1 atom stereocenters. The van der Waals surface area contributed by atoms with Crippen molar-refractivity contribution in [3.05, 3.63) is 81.2 Å². The van der Waals surface area contributed by atoms with Crippen LogP contribution < -0.4 is 15.0 Å². The first kappa shape index (κ1) is 27.7. The largest absolute Gasteiger partial charge is 0.494 e. The molecule has 0 bridgehead atoms. The summed E-state index contributed by atoms with van der Waals surface area (Å²) in [5, 5.41) is 10.9. The highest BCUT2D eigenvalue weighted by Crippen LogP contribution is 2.36. The average molecular weight is 533 g/mol. The number of methoxy groups -OCH3 is 2. The molecule has 1 aliphatic heterocycles. The highest BCUT2D eigenvalue weighted by molar-refractivity contribution is 5.96. The third-order valence-electron chi connectivity index (χ3n) is 6.58. The molecule has 2 heterocycles. The standard InChI is InChI=1S/C29H32N4O6/c1-29(2,3)39-17-23-31-26(34)24(28(36)33(23)25-21(37-5)12-9-13-22(25)38-6)27(35)32-15-14-18(16-32)19-10-7-8-11-20(19)30-4/h7-13,18,34H,14-17H2,1-3,5-6H3. The molecule has 2 aromatic carbocycles. The summed E-state index contributed by atoms with van der Waals surface area (Å²) in [4.78, 5) is 37.1. The van der Waals surface area contributed by atoms with Gasteiger partial charge in [-0.05, 0) is 50.8 Å². The van der Waals surface area contributed by atoms with Crippen LogP contribution in [0.15, 0.2) is 47.3 Å². The summed E-state index contributed by atoms with van der Waals surface area (Å²) in [5.41, 5.74) is -0.156. The molecule has 1 N–H and O–H groups in total. The average Bonchev–Trinajstić information content (AvgIpc) is 3.41. The topological polar surface area (TPSA) is 107 Å². The number of benzene rings is 2. The number of likely N-dealkylation sites (tertiary alicyclic amines) is 1. The van der Waals surface area contributed by atoms with E-state index in [1.807, 2.05) is 32.9 Å². The highest BCUT2D eigenvalue weighted by Gasteiger charge is 2.34. The first-order chi connectivity index (χ1) is 18.6. The van der Waals surface area contributed by atoms with Gasteiger partial charge in [-0.3, -0.25) is 14.2 Å². The Morgan fingerprint density at radius 1 is 1.13 bits per heavy atom. The van der Waals surface area contributed by atoms with Crippen LogP contribution in [0.5, 0.6) is 17.4 Å². The molecule has 204 valence electrons. The van der Waals surface area contributed by atoms with Crippen molar-refractivity contribution in [3.63, 3.8) is 0 Å². The van der Waals surface area contributed by atoms with Crippen LogP contribution in [0, 0.1) is 6.57 Å². The number of hydrogen-bond donors (Lipinski definition) is 1. The van der Waals surface area contributed by atoms with Crippen LogP contribution in [0.25, 0.3) is 10.5 Å². The molecule has 1 unspecified atom stereocenters. The molecule has 10 heteroatoms. The Kier molecular flexibility index (Phi) is 7.93. The molecule has 1 fully saturated rings. The van der Waals surface area contributed by atoms with E-state index in [0.717, 1.165) is 5.56 Å². The second-order valence-corrected chi connectivity index (χ2v) is 10.2. The van der Waals surface area contributed by atoms with Gasteiger partial charge in [0.1, 0.15) is 29.6 Å². The zero-order chi connectivity index (χ0) is 28.3. The van der Waals surface area contributed by atoms with E-state index in [1.54, 1.807) is 30.3 Å². The maximum absolute atomic E-state index is 14.0. The Hall–Kier alpha value is -4.36. The van der Waals surface area contributed by atoms with E-state index >= 15 is 0 Å². The zero-order valence-corrected chi connectivity index (χ0v) is 22.7. The number of amides is 1. The van der Waals surface area contributed by atoms with Gasteiger partial charge in [0.15, 0.2) is 11.3 Å². The van der Waals surface area contributed by atoms with Crippen molar-refractivity contribution in [2.45, 2.75) is 45.3 Å². The number of hydrogen-bond acceptors (Lipinski definition) is 7. The van der Waals surface area contributed by atoms with E-state index in [1.165, 1.54) is 23.7 Å². The summed E-state index contributed by atoms with van der Waals surface area (Å²) in [5.74, 6) is -0.665. The van der Waals surface area contributed by atoms with Crippen LogP contribution >= 0.6 is 0 Å². The number of carbonyl (C=O) groups is 1. The number of carbonyl (C=O) groups excluding carboxylic acids is 1. The minimum Gasteiger partial charge on any atom is -0.494 e. The second-order valence-electron chi connectivity index (χ2n) is 10.2. The number of nitrogens with zero attached hydrogens (tertiary/aromatic N) is 4. The van der Waals surface area contributed by atoms with Crippen LogP contribution in [0.1, 0.15) is 54.9 Å². The SMILES string of the molecule is [C-]#[N+]c1ccccc1C1CCN(C(=O)c2c(O)nc(COC(C)(C)C)n(-c3c(OC)cccc3OC)c2=O)C1. The molecule has 0 aliphatic carbocycles. The van der Waals surface area contributed by atoms with Gasteiger partial charge in [-0.2, -0.15) is 4.98 Å². The van der Waals surface area contributed by atoms with E-state index in [4.69, 9.17) is 20.8 Å². The normalized spacial score (nSPS) is 15.2. The molecule has 39 heavy (non-hydrogen) atoms. The van der Waals surface area contributed by atoms with Gasteiger partial charge in [0, 0.05) is 13.1 Å². The van der Waals surface area contributed by atoms with Crippen LogP contribution in [-0.2, 0) is 11.3 Å². The van der Waals surface area contributed by atoms with Crippen LogP contribution in [0.4, 0.5) is 5.69 Å². The van der Waals surface area contributed by atoms with E-state index in [9.17, 15) is 14.7 Å². The minimum absolute atomic E-state index is 0.0645. The van der Waals surface area contributed by atoms with Crippen molar-refractivity contribution >= 4 is 11.6 Å². The Morgan fingerprint density at radius 2 is 1.79 bits per heavy atom. The second kappa shape index (κ2) is 11.2. The summed E-state index contributed by atoms with van der Waals surface area (Å²) in [6, 6.07) is 12.3. The van der Waals surface area contributed by atoms with Crippen molar-refractivity contribution in [3.8, 4) is 23.1 Å². The minimum atomic E-state index is -0.771. The van der Waals surface area contributed by atoms with Gasteiger partial charge in [-0.25, -0.2) is 4.85 Å². The maximum Gasteiger partial charge on any atom is 0.275 e. The summed E-state index contributed by atoms with van der Waals surface area (Å²) in [6.07, 6.45) is 0.624. The number of para-hydroxylation sites is 2. The van der Waals surface area contributed by atoms with E-state index in [-0.39, 0.29) is 24.0 Å². The first-order valence-electron chi connectivity index (χ1n) is 12.6. The van der Waals surface area contributed by atoms with Crippen molar-refractivity contribution < 1.29 is 24.1 Å². The molecular formula is C29H32N4O6. The van der Waals surface area contributed by atoms with Gasteiger partial charge in [-0.1, -0.05) is 30.3 Å². The van der Waals surface area contributed by atoms with Crippen LogP contribution in [0.3, 0.4) is 0 Å². The van der Waals surface area contributed by atoms with Gasteiger partial charge in [-0.15, -0.1) is 0 Å². The Morgan fingerprint density at radius 3 is 2.41 bits per heavy atom. The van der Waals surface area contributed by atoms with Crippen molar-refractivity contribution in [1.82, 2.24) is 14.5 Å². The summed E-state index contributed by atoms with van der Waals surface area (Å²) in [6.45, 7) is 13.6. The Balaban J connectivity index is 1.81. The number of rotatable bonds is 7. The first-order valence-corrected chi connectivity index (χ1v) is 12.6. The predicted molar refractivity (Wildman–Crippen MR) is 145 cm³/mol. The van der Waals surface area contributed by atoms with Gasteiger partial charge >= 0.3 is 0 Å². The third kappa shape index (κ3) is 5.59. The van der Waals surface area contributed by atoms with Crippen molar-refractivity contribution in [1.29, 1.82) is 0 Å². The Labute approximate surface area is 227 Å². The lowest BCUT2D eigenvalue weighted by molar-refractivity contribution is -0.0193. The summed E-state index contributed by atoms with van der Waals surface area (Å²) >= 11 is 0. The van der Waals surface area contributed by atoms with Gasteiger partial charge < -0.3 is 24.2 Å². The van der Waals surface area contributed by atoms with Gasteiger partial charge in [0.05, 0.1) is 26.4 Å². The number of aromatic nitrogens is 2. The molecule has 0 spiro atoms. The zero-order valence-electron chi connectivity index (χ0n) is 22.7. The molecule has 0 radical (unpaired) electrons. The lowest BCUT2D eigenvalue weighted by Crippen LogP contribution is -2.37. The third-order valence-corrected chi connectivity index (χ3v) is 6.58. The molecule has 0 saturated carbocycles. The lowest BCUT2D eigenvalue weighted by atomic mass is 9.97. The van der Waals surface area contributed by atoms with Crippen LogP contribution in [-0.4, -0.2) is 58.4 Å². The summed E-state index contributed by atoms with van der Waals surface area (Å²) < 4.78 is 18.1. The molecule has 3 aromatic rings. The molecule has 1 aromatic heterocycles. The molecule has 1 amide bonds. The molecular weight excluding hydrogens is 500 g/mol. The molecule has 1 aliphatic rings. The fourth-order valence-electron chi connectivity index (χ4n) is 4.69. The van der Waals surface area contributed by atoms with Crippen molar-refractivity contribution in [2.75, 3.05) is 27.3 Å². The van der Waals surface area contributed by atoms with E-state index in [0.29, 0.717) is 36.7 Å². The molecule has 1 saturated heterocycles. The number of aromatic hydroxyl groups is 1. The van der Waals surface area contributed by atoms with E-state index in [2.05, 4.69) is 9.83 Å². The van der Waals surface area contributed by atoms with Gasteiger partial charge in [0.2, 0.25) is 5.88 Å². The number of ether oxygens (including phenoxy) is 3. The molecule has 4 rings (SSSR count). The lowest BCUT2D eigenvalue weighted by Gasteiger charge is -2.23. The van der Waals surface area contributed by atoms with E-state index < -0.39 is 28.5 Å². The smallest absolute Gasteiger partial charge is 0.275 e. The molecule has 10 nitrogen and oxygen atoms in total. The monoisotopic (exact) mass is 532 g/mol.